The summed E-state index contributed by atoms with van der Waals surface area (Å²) in [4.78, 5) is 12.7. The van der Waals surface area contributed by atoms with Gasteiger partial charge in [-0.15, -0.1) is 10.2 Å². The minimum atomic E-state index is -0.377. The summed E-state index contributed by atoms with van der Waals surface area (Å²) in [5, 5.41) is 12.4. The molecule has 6 nitrogen and oxygen atoms in total. The first kappa shape index (κ1) is 21.2. The van der Waals surface area contributed by atoms with Gasteiger partial charge in [-0.2, -0.15) is 0 Å². The summed E-state index contributed by atoms with van der Waals surface area (Å²) in [6.07, 6.45) is 0.697. The van der Waals surface area contributed by atoms with E-state index in [-0.39, 0.29) is 11.2 Å². The van der Waals surface area contributed by atoms with Crippen LogP contribution in [-0.2, 0) is 17.8 Å². The minimum Gasteiger partial charge on any atom is -0.495 e. The number of halogens is 1. The molecule has 0 saturated heterocycles. The van der Waals surface area contributed by atoms with Crippen LogP contribution in [0.15, 0.2) is 53.7 Å². The van der Waals surface area contributed by atoms with Crippen LogP contribution in [0.3, 0.4) is 0 Å². The lowest BCUT2D eigenvalue weighted by Crippen LogP contribution is -2.23. The van der Waals surface area contributed by atoms with Crippen molar-refractivity contribution in [3.8, 4) is 5.75 Å². The number of anilines is 1. The van der Waals surface area contributed by atoms with E-state index in [2.05, 4.69) is 27.6 Å². The average molecular weight is 431 g/mol. The molecular formula is C21H23ClN4O2S. The van der Waals surface area contributed by atoms with Crippen molar-refractivity contribution in [3.05, 3.63) is 64.9 Å². The monoisotopic (exact) mass is 430 g/mol. The van der Waals surface area contributed by atoms with Crippen molar-refractivity contribution in [2.75, 3.05) is 12.4 Å². The molecule has 0 aliphatic heterocycles. The van der Waals surface area contributed by atoms with E-state index >= 15 is 0 Å². The van der Waals surface area contributed by atoms with Crippen molar-refractivity contribution in [3.63, 3.8) is 0 Å². The van der Waals surface area contributed by atoms with E-state index in [1.54, 1.807) is 25.3 Å². The molecule has 1 N–H and O–H groups in total. The Morgan fingerprint density at radius 1 is 1.24 bits per heavy atom. The Morgan fingerprint density at radius 2 is 2.00 bits per heavy atom. The van der Waals surface area contributed by atoms with Gasteiger partial charge in [-0.25, -0.2) is 0 Å². The highest BCUT2D eigenvalue weighted by atomic mass is 35.5. The maximum Gasteiger partial charge on any atom is 0.237 e. The fraction of sp³-hybridized carbons (Fsp3) is 0.286. The number of carbonyl (C=O) groups excluding carboxylic acids is 1. The van der Waals surface area contributed by atoms with Crippen LogP contribution in [0.5, 0.6) is 5.75 Å². The predicted octanol–water partition coefficient (Wildman–Crippen LogP) is 4.67. The van der Waals surface area contributed by atoms with Crippen LogP contribution in [0, 0.1) is 0 Å². The fourth-order valence-corrected chi connectivity index (χ4v) is 3.96. The SMILES string of the molecule is CCn1c(Cc2ccccc2)nnc1S[C@@H](C)C(=O)Nc1cc(Cl)ccc1OC. The molecule has 0 fully saturated rings. The highest BCUT2D eigenvalue weighted by Gasteiger charge is 2.21. The predicted molar refractivity (Wildman–Crippen MR) is 117 cm³/mol. The van der Waals surface area contributed by atoms with Gasteiger partial charge in [-0.3, -0.25) is 4.79 Å². The van der Waals surface area contributed by atoms with Crippen molar-refractivity contribution < 1.29 is 9.53 Å². The summed E-state index contributed by atoms with van der Waals surface area (Å²) in [5.41, 5.74) is 1.71. The van der Waals surface area contributed by atoms with Crippen LogP contribution >= 0.6 is 23.4 Å². The molecule has 29 heavy (non-hydrogen) atoms. The number of benzene rings is 2. The number of thioether (sulfide) groups is 1. The zero-order valence-corrected chi connectivity index (χ0v) is 18.1. The molecule has 0 unspecified atom stereocenters. The van der Waals surface area contributed by atoms with Crippen LogP contribution in [0.4, 0.5) is 5.69 Å². The Labute approximate surface area is 179 Å². The molecule has 2 aromatic carbocycles. The molecule has 1 heterocycles. The molecule has 0 aliphatic carbocycles. The summed E-state index contributed by atoms with van der Waals surface area (Å²) >= 11 is 7.42. The molecule has 0 spiro atoms. The Hall–Kier alpha value is -2.51. The molecule has 3 aromatic rings. The van der Waals surface area contributed by atoms with Gasteiger partial charge in [-0.1, -0.05) is 53.7 Å². The van der Waals surface area contributed by atoms with Crippen molar-refractivity contribution in [2.24, 2.45) is 0 Å². The Bertz CT molecular complexity index is 978. The summed E-state index contributed by atoms with van der Waals surface area (Å²) in [7, 11) is 1.55. The van der Waals surface area contributed by atoms with E-state index in [0.29, 0.717) is 22.9 Å². The van der Waals surface area contributed by atoms with Crippen LogP contribution in [-0.4, -0.2) is 33.0 Å². The van der Waals surface area contributed by atoms with E-state index in [1.807, 2.05) is 36.6 Å². The normalized spacial score (nSPS) is 11.9. The van der Waals surface area contributed by atoms with Gasteiger partial charge in [0.1, 0.15) is 11.6 Å². The lowest BCUT2D eigenvalue weighted by molar-refractivity contribution is -0.115. The molecule has 0 radical (unpaired) electrons. The van der Waals surface area contributed by atoms with E-state index < -0.39 is 0 Å². The van der Waals surface area contributed by atoms with Crippen molar-refractivity contribution in [1.82, 2.24) is 14.8 Å². The second-order valence-corrected chi connectivity index (χ2v) is 8.14. The zero-order valence-electron chi connectivity index (χ0n) is 16.6. The number of aromatic nitrogens is 3. The van der Waals surface area contributed by atoms with Crippen LogP contribution in [0.25, 0.3) is 0 Å². The lowest BCUT2D eigenvalue weighted by atomic mass is 10.1. The first-order valence-electron chi connectivity index (χ1n) is 9.28. The number of hydrogen-bond donors (Lipinski definition) is 1. The highest BCUT2D eigenvalue weighted by Crippen LogP contribution is 2.29. The van der Waals surface area contributed by atoms with Crippen LogP contribution in [0.2, 0.25) is 5.02 Å². The zero-order chi connectivity index (χ0) is 20.8. The van der Waals surface area contributed by atoms with Crippen LogP contribution in [0.1, 0.15) is 25.2 Å². The van der Waals surface area contributed by atoms with E-state index in [9.17, 15) is 4.79 Å². The summed E-state index contributed by atoms with van der Waals surface area (Å²) in [5.74, 6) is 1.28. The second kappa shape index (κ2) is 9.80. The van der Waals surface area contributed by atoms with Gasteiger partial charge in [0, 0.05) is 18.0 Å². The van der Waals surface area contributed by atoms with Gasteiger partial charge in [0.15, 0.2) is 5.16 Å². The average Bonchev–Trinajstić information content (AvgIpc) is 3.09. The lowest BCUT2D eigenvalue weighted by Gasteiger charge is -2.15. The van der Waals surface area contributed by atoms with E-state index in [0.717, 1.165) is 17.5 Å². The Balaban J connectivity index is 1.71. The third-order valence-corrected chi connectivity index (χ3v) is 5.70. The van der Waals surface area contributed by atoms with Gasteiger partial charge in [-0.05, 0) is 37.6 Å². The van der Waals surface area contributed by atoms with Gasteiger partial charge < -0.3 is 14.6 Å². The van der Waals surface area contributed by atoms with Crippen LogP contribution < -0.4 is 10.1 Å². The minimum absolute atomic E-state index is 0.161. The van der Waals surface area contributed by atoms with E-state index in [1.165, 1.54) is 17.3 Å². The van der Waals surface area contributed by atoms with Gasteiger partial charge >= 0.3 is 0 Å². The Morgan fingerprint density at radius 3 is 2.69 bits per heavy atom. The molecular weight excluding hydrogens is 408 g/mol. The molecule has 1 aromatic heterocycles. The maximum absolute atomic E-state index is 12.7. The molecule has 0 saturated carbocycles. The molecule has 152 valence electrons. The largest absolute Gasteiger partial charge is 0.495 e. The molecule has 0 aliphatic rings. The quantitative estimate of drug-likeness (QED) is 0.526. The third-order valence-electron chi connectivity index (χ3n) is 4.39. The van der Waals surface area contributed by atoms with Gasteiger partial charge in [0.2, 0.25) is 5.91 Å². The third kappa shape index (κ3) is 5.31. The first-order chi connectivity index (χ1) is 14.0. The van der Waals surface area contributed by atoms with Crippen molar-refractivity contribution >= 4 is 35.0 Å². The summed E-state index contributed by atoms with van der Waals surface area (Å²) < 4.78 is 7.33. The van der Waals surface area contributed by atoms with E-state index in [4.69, 9.17) is 16.3 Å². The highest BCUT2D eigenvalue weighted by molar-refractivity contribution is 8.00. The van der Waals surface area contributed by atoms with Crippen molar-refractivity contribution in [2.45, 2.75) is 37.2 Å². The molecule has 1 atom stereocenters. The number of methoxy groups -OCH3 is 1. The fourth-order valence-electron chi connectivity index (χ4n) is 2.86. The topological polar surface area (TPSA) is 69.0 Å². The number of nitrogens with one attached hydrogen (secondary N) is 1. The number of ether oxygens (including phenoxy) is 1. The number of hydrogen-bond acceptors (Lipinski definition) is 5. The number of amides is 1. The first-order valence-corrected chi connectivity index (χ1v) is 10.5. The maximum atomic E-state index is 12.7. The molecule has 3 rings (SSSR count). The summed E-state index contributed by atoms with van der Waals surface area (Å²) in [6.45, 7) is 4.61. The molecule has 1 amide bonds. The summed E-state index contributed by atoms with van der Waals surface area (Å²) in [6, 6.07) is 15.2. The van der Waals surface area contributed by atoms with Gasteiger partial charge in [0.25, 0.3) is 0 Å². The number of carbonyl (C=O) groups is 1. The smallest absolute Gasteiger partial charge is 0.237 e. The van der Waals surface area contributed by atoms with Crippen molar-refractivity contribution in [1.29, 1.82) is 0 Å². The number of rotatable bonds is 8. The number of nitrogens with zero attached hydrogens (tertiary/aromatic N) is 3. The molecule has 8 heteroatoms. The second-order valence-electron chi connectivity index (χ2n) is 6.40. The Kier molecular flexibility index (Phi) is 7.17. The molecule has 0 bridgehead atoms. The van der Waals surface area contributed by atoms with Gasteiger partial charge in [0.05, 0.1) is 18.0 Å². The standard InChI is InChI=1S/C21H23ClN4O2S/c1-4-26-19(12-15-8-6-5-7-9-15)24-25-21(26)29-14(2)20(27)23-17-13-16(22)10-11-18(17)28-3/h5-11,13-14H,4,12H2,1-3H3,(H,23,27)/t14-/m0/s1.